The van der Waals surface area contributed by atoms with Crippen molar-refractivity contribution in [1.82, 2.24) is 42.5 Å². The first-order valence-corrected chi connectivity index (χ1v) is 29.8. The van der Waals surface area contributed by atoms with Crippen molar-refractivity contribution in [2.24, 2.45) is 0 Å². The summed E-state index contributed by atoms with van der Waals surface area (Å²) in [6.07, 6.45) is 2.05. The Labute approximate surface area is 518 Å². The van der Waals surface area contributed by atoms with E-state index < -0.39 is 66.7 Å². The lowest BCUT2D eigenvalue weighted by atomic mass is 10.1. The minimum Gasteiger partial charge on any atom is -0.481 e. The summed E-state index contributed by atoms with van der Waals surface area (Å²) in [6, 6.07) is -4.79. The van der Waals surface area contributed by atoms with Gasteiger partial charge in [-0.25, -0.2) is 14.4 Å². The first-order chi connectivity index (χ1) is 43.0. The number of unbranched alkanes of at least 4 members (excludes halogenated alkanes) is 2. The summed E-state index contributed by atoms with van der Waals surface area (Å²) in [5.41, 5.74) is 0. The smallest absolute Gasteiger partial charge is 0.326 e. The Morgan fingerprint density at radius 2 is 0.629 bits per heavy atom. The molecule has 0 aromatic heterocycles. The summed E-state index contributed by atoms with van der Waals surface area (Å²) in [5.74, 6) is -5.85. The number of amides is 8. The van der Waals surface area contributed by atoms with Gasteiger partial charge in [0, 0.05) is 64.7 Å². The number of nitrogens with one attached hydrogen (secondary N) is 8. The first-order valence-electron chi connectivity index (χ1n) is 29.8. The largest absolute Gasteiger partial charge is 0.481 e. The molecular weight excluding hydrogens is 1190 g/mol. The Bertz CT molecular complexity index is 1930. The van der Waals surface area contributed by atoms with E-state index in [0.717, 1.165) is 6.42 Å². The van der Waals surface area contributed by atoms with Crippen molar-refractivity contribution in [3.05, 3.63) is 0 Å². The van der Waals surface area contributed by atoms with Crippen molar-refractivity contribution < 1.29 is 125 Å². The normalized spacial score (nSPS) is 12.0. The molecular formula is C55H98N8O26. The van der Waals surface area contributed by atoms with Crippen LogP contribution in [-0.4, -0.2) is 290 Å². The van der Waals surface area contributed by atoms with Crippen molar-refractivity contribution in [2.75, 3.05) is 191 Å². The molecule has 34 nitrogen and oxygen atoms in total. The summed E-state index contributed by atoms with van der Waals surface area (Å²) in [4.78, 5) is 128. The van der Waals surface area contributed by atoms with Crippen LogP contribution < -0.4 is 42.5 Å². The molecule has 3 unspecified atom stereocenters. The van der Waals surface area contributed by atoms with Crippen LogP contribution in [0.3, 0.4) is 0 Å². The third kappa shape index (κ3) is 59.1. The highest BCUT2D eigenvalue weighted by molar-refractivity contribution is 5.87. The molecule has 0 aromatic rings. The molecule has 0 rings (SSSR count). The third-order valence-electron chi connectivity index (χ3n) is 11.4. The summed E-state index contributed by atoms with van der Waals surface area (Å²) in [5, 5.41) is 47.1. The fraction of sp³-hybridized carbons (Fsp3) is 0.800. The predicted octanol–water partition coefficient (Wildman–Crippen LogP) is -2.95. The zero-order chi connectivity index (χ0) is 65.6. The minimum absolute atomic E-state index is 0.126. The number of carboxylic acids is 3. The number of carbonyl (C=O) groups is 11. The molecule has 0 bridgehead atoms. The van der Waals surface area contributed by atoms with Crippen LogP contribution in [0.4, 0.5) is 4.79 Å². The zero-order valence-electron chi connectivity index (χ0n) is 51.3. The third-order valence-corrected chi connectivity index (χ3v) is 11.4. The minimum atomic E-state index is -1.55. The van der Waals surface area contributed by atoms with E-state index >= 15 is 0 Å². The Morgan fingerprint density at radius 3 is 0.966 bits per heavy atom. The molecule has 0 spiro atoms. The Kier molecular flexibility index (Phi) is 56.3. The highest BCUT2D eigenvalue weighted by Crippen LogP contribution is 2.03. The average molecular weight is 1290 g/mol. The molecule has 514 valence electrons. The molecule has 0 saturated carbocycles. The summed E-state index contributed by atoms with van der Waals surface area (Å²) < 4.78 is 65.3. The number of carboxylic acid groups (broad SMARTS) is 3. The maximum atomic E-state index is 12.1. The molecule has 0 fully saturated rings. The van der Waals surface area contributed by atoms with Crippen LogP contribution in [0.15, 0.2) is 0 Å². The molecule has 8 amide bonds. The van der Waals surface area contributed by atoms with E-state index in [-0.39, 0.29) is 115 Å². The SMILES string of the molecule is CC(C=O)NC(=O)CNC(=O)CCCCCNC(=O)CCOCCOCCOCCOCCNC(=O)CCOCCOCCOCCOCCNC(=O)CCOCCOCCOCCOCCNC(=O)CCC(NC(=O)NC(CCC(=O)O)C(=O)O)C(=O)O. The summed E-state index contributed by atoms with van der Waals surface area (Å²) in [7, 11) is 0. The van der Waals surface area contributed by atoms with Gasteiger partial charge in [-0.05, 0) is 32.6 Å². The number of hydrogen-bond acceptors (Lipinski definition) is 23. The maximum Gasteiger partial charge on any atom is 0.326 e. The highest BCUT2D eigenvalue weighted by atomic mass is 16.6. The molecule has 0 saturated heterocycles. The Hall–Kier alpha value is -6.31. The number of hydrogen-bond donors (Lipinski definition) is 11. The Morgan fingerprint density at radius 1 is 0.326 bits per heavy atom. The molecule has 0 aromatic carbocycles. The number of aliphatic carboxylic acids is 3. The van der Waals surface area contributed by atoms with Crippen LogP contribution in [0.25, 0.3) is 0 Å². The monoisotopic (exact) mass is 1290 g/mol. The lowest BCUT2D eigenvalue weighted by molar-refractivity contribution is -0.141. The van der Waals surface area contributed by atoms with E-state index in [9.17, 15) is 57.8 Å². The topological polar surface area (TPSA) is 455 Å². The molecule has 0 heterocycles. The number of urea groups is 1. The van der Waals surface area contributed by atoms with Crippen molar-refractivity contribution in [3.8, 4) is 0 Å². The highest BCUT2D eigenvalue weighted by Gasteiger charge is 2.25. The van der Waals surface area contributed by atoms with Gasteiger partial charge >= 0.3 is 23.9 Å². The quantitative estimate of drug-likeness (QED) is 0.0214. The number of carbonyl (C=O) groups excluding carboxylic acids is 8. The van der Waals surface area contributed by atoms with Gasteiger partial charge in [0.1, 0.15) is 18.4 Å². The van der Waals surface area contributed by atoms with Crippen LogP contribution in [0.5, 0.6) is 0 Å². The molecule has 3 atom stereocenters. The first kappa shape index (κ1) is 82.7. The predicted molar refractivity (Wildman–Crippen MR) is 311 cm³/mol. The molecule has 0 radical (unpaired) electrons. The second kappa shape index (κ2) is 60.6. The van der Waals surface area contributed by atoms with Gasteiger partial charge in [0.05, 0.1) is 171 Å². The van der Waals surface area contributed by atoms with E-state index in [0.29, 0.717) is 158 Å². The van der Waals surface area contributed by atoms with Gasteiger partial charge in [0.25, 0.3) is 0 Å². The van der Waals surface area contributed by atoms with E-state index in [1.54, 1.807) is 0 Å². The second-order valence-electron chi connectivity index (χ2n) is 18.9. The summed E-state index contributed by atoms with van der Waals surface area (Å²) in [6.45, 7) is 10.3. The van der Waals surface area contributed by atoms with Crippen LogP contribution in [0.1, 0.15) is 77.6 Å². The lowest BCUT2D eigenvalue weighted by Gasteiger charge is -2.18. The van der Waals surface area contributed by atoms with E-state index in [1.165, 1.54) is 6.92 Å². The standard InChI is InChI=1S/C55H98N8O26/c1-43(42-64)61-51(70)41-60-46(65)5-3-2-4-13-56-48(67)10-17-78-23-29-84-35-39-88-33-27-82-21-15-58-50(69)12-19-80-25-31-86-37-40-89-34-28-83-22-16-59-49(68)11-18-79-24-30-85-36-38-87-32-26-81-20-14-57-47(66)8-6-44(53(73)74)62-55(77)63-45(54(75)76)7-9-52(71)72/h42-45H,2-41H2,1H3,(H,56,67)(H,57,66)(H,58,69)(H,59,68)(H,60,65)(H,61,70)(H,71,72)(H,73,74)(H,75,76)(H2,62,63,77). The average Bonchev–Trinajstić information content (AvgIpc) is 3.67. The molecule has 0 aliphatic heterocycles. The maximum absolute atomic E-state index is 12.1. The molecule has 0 aliphatic rings. The van der Waals surface area contributed by atoms with Gasteiger partial charge in [0.15, 0.2) is 0 Å². The summed E-state index contributed by atoms with van der Waals surface area (Å²) >= 11 is 0. The van der Waals surface area contributed by atoms with E-state index in [4.69, 9.17) is 67.1 Å². The van der Waals surface area contributed by atoms with Crippen molar-refractivity contribution in [2.45, 2.75) is 95.7 Å². The Balaban J connectivity index is 3.44. The van der Waals surface area contributed by atoms with Crippen molar-refractivity contribution >= 4 is 65.7 Å². The van der Waals surface area contributed by atoms with Crippen LogP contribution >= 0.6 is 0 Å². The number of aldehydes is 1. The molecule has 0 aliphatic carbocycles. The van der Waals surface area contributed by atoms with Gasteiger partial charge in [-0.1, -0.05) is 6.42 Å². The van der Waals surface area contributed by atoms with Crippen molar-refractivity contribution in [3.63, 3.8) is 0 Å². The van der Waals surface area contributed by atoms with Crippen LogP contribution in [0.2, 0.25) is 0 Å². The van der Waals surface area contributed by atoms with Gasteiger partial charge in [-0.3, -0.25) is 33.6 Å². The molecule has 11 N–H and O–H groups in total. The zero-order valence-corrected chi connectivity index (χ0v) is 51.3. The fourth-order valence-electron chi connectivity index (χ4n) is 6.76. The number of rotatable bonds is 65. The van der Waals surface area contributed by atoms with Crippen LogP contribution in [0, 0.1) is 0 Å². The van der Waals surface area contributed by atoms with Gasteiger partial charge in [-0.2, -0.15) is 0 Å². The fourth-order valence-corrected chi connectivity index (χ4v) is 6.76. The van der Waals surface area contributed by atoms with Gasteiger partial charge < -0.3 is 119 Å². The molecule has 89 heavy (non-hydrogen) atoms. The van der Waals surface area contributed by atoms with Gasteiger partial charge in [-0.15, -0.1) is 0 Å². The van der Waals surface area contributed by atoms with E-state index in [2.05, 4.69) is 37.2 Å². The van der Waals surface area contributed by atoms with Crippen LogP contribution in [-0.2, 0) is 105 Å². The molecule has 34 heteroatoms. The van der Waals surface area contributed by atoms with Gasteiger partial charge in [0.2, 0.25) is 35.4 Å². The van der Waals surface area contributed by atoms with E-state index in [1.807, 2.05) is 5.32 Å². The lowest BCUT2D eigenvalue weighted by Crippen LogP contribution is -2.51. The second-order valence-corrected chi connectivity index (χ2v) is 18.9. The van der Waals surface area contributed by atoms with Crippen molar-refractivity contribution in [1.29, 1.82) is 0 Å². The number of ether oxygens (including phenoxy) is 12.